The van der Waals surface area contributed by atoms with Gasteiger partial charge in [-0.25, -0.2) is 4.79 Å². The summed E-state index contributed by atoms with van der Waals surface area (Å²) in [6.07, 6.45) is 2.88. The SMILES string of the molecule is COC(=O)c1cnccc1Cl.Cl. The van der Waals surface area contributed by atoms with Crippen LogP contribution in [0.25, 0.3) is 0 Å². The number of carbonyl (C=O) groups is 1. The highest BCUT2D eigenvalue weighted by molar-refractivity contribution is 6.33. The fraction of sp³-hybridized carbons (Fsp3) is 0.143. The molecule has 0 N–H and O–H groups in total. The molecule has 0 aromatic carbocycles. The van der Waals surface area contributed by atoms with E-state index in [-0.39, 0.29) is 18.0 Å². The lowest BCUT2D eigenvalue weighted by molar-refractivity contribution is 0.0600. The molecule has 1 rings (SSSR count). The largest absolute Gasteiger partial charge is 0.465 e. The summed E-state index contributed by atoms with van der Waals surface area (Å²) in [5.41, 5.74) is 0.289. The monoisotopic (exact) mass is 207 g/mol. The third-order valence-corrected chi connectivity index (χ3v) is 1.50. The van der Waals surface area contributed by atoms with Gasteiger partial charge < -0.3 is 4.74 Å². The van der Waals surface area contributed by atoms with E-state index in [0.29, 0.717) is 5.02 Å². The smallest absolute Gasteiger partial charge is 0.340 e. The van der Waals surface area contributed by atoms with Crippen molar-refractivity contribution in [3.05, 3.63) is 29.0 Å². The molecule has 0 aliphatic carbocycles. The number of hydrogen-bond acceptors (Lipinski definition) is 3. The number of methoxy groups -OCH3 is 1. The summed E-state index contributed by atoms with van der Waals surface area (Å²) in [7, 11) is 1.30. The first kappa shape index (κ1) is 11.2. The van der Waals surface area contributed by atoms with Gasteiger partial charge in [0.05, 0.1) is 17.7 Å². The third kappa shape index (κ3) is 2.36. The molecule has 12 heavy (non-hydrogen) atoms. The molecule has 0 bridgehead atoms. The van der Waals surface area contributed by atoms with E-state index in [0.717, 1.165) is 0 Å². The van der Waals surface area contributed by atoms with Gasteiger partial charge >= 0.3 is 5.97 Å². The predicted molar refractivity (Wildman–Crippen MR) is 47.8 cm³/mol. The number of carbonyl (C=O) groups excluding carboxylic acids is 1. The number of ether oxygens (including phenoxy) is 1. The lowest BCUT2D eigenvalue weighted by Gasteiger charge is -1.98. The summed E-state index contributed by atoms with van der Waals surface area (Å²) in [6.45, 7) is 0. The molecule has 1 aromatic heterocycles. The number of pyridine rings is 1. The predicted octanol–water partition coefficient (Wildman–Crippen LogP) is 1.94. The van der Waals surface area contributed by atoms with Crippen LogP contribution in [-0.2, 0) is 4.74 Å². The topological polar surface area (TPSA) is 39.2 Å². The van der Waals surface area contributed by atoms with Gasteiger partial charge in [0.2, 0.25) is 0 Å². The molecule has 66 valence electrons. The zero-order valence-electron chi connectivity index (χ0n) is 6.28. The molecule has 0 saturated heterocycles. The first-order valence-electron chi connectivity index (χ1n) is 2.93. The van der Waals surface area contributed by atoms with E-state index in [9.17, 15) is 4.79 Å². The molecular weight excluding hydrogens is 201 g/mol. The molecule has 1 aromatic rings. The van der Waals surface area contributed by atoms with Crippen LogP contribution in [0, 0.1) is 0 Å². The summed E-state index contributed by atoms with van der Waals surface area (Å²) in [5.74, 6) is -0.469. The highest BCUT2D eigenvalue weighted by atomic mass is 35.5. The van der Waals surface area contributed by atoms with Crippen LogP contribution >= 0.6 is 24.0 Å². The Labute approximate surface area is 81.1 Å². The van der Waals surface area contributed by atoms with Crippen LogP contribution in [0.3, 0.4) is 0 Å². The molecule has 0 saturated carbocycles. The number of halogens is 2. The van der Waals surface area contributed by atoms with Crippen LogP contribution in [0.1, 0.15) is 10.4 Å². The highest BCUT2D eigenvalue weighted by Crippen LogP contribution is 2.13. The Morgan fingerprint density at radius 2 is 2.33 bits per heavy atom. The number of nitrogens with zero attached hydrogens (tertiary/aromatic N) is 1. The van der Waals surface area contributed by atoms with Gasteiger partial charge in [0.25, 0.3) is 0 Å². The lowest BCUT2D eigenvalue weighted by atomic mass is 10.3. The van der Waals surface area contributed by atoms with E-state index < -0.39 is 5.97 Å². The Morgan fingerprint density at radius 3 is 2.83 bits per heavy atom. The number of aromatic nitrogens is 1. The Bertz CT molecular complexity index is 278. The van der Waals surface area contributed by atoms with Crippen LogP contribution in [0.2, 0.25) is 5.02 Å². The molecule has 3 nitrogen and oxygen atoms in total. The second-order valence-corrected chi connectivity index (χ2v) is 2.25. The van der Waals surface area contributed by atoms with Crippen LogP contribution in [0.4, 0.5) is 0 Å². The van der Waals surface area contributed by atoms with Gasteiger partial charge in [-0.05, 0) is 6.07 Å². The van der Waals surface area contributed by atoms with Gasteiger partial charge in [-0.15, -0.1) is 12.4 Å². The molecular formula is C7H7Cl2NO2. The average molecular weight is 208 g/mol. The van der Waals surface area contributed by atoms with Crippen molar-refractivity contribution in [2.75, 3.05) is 7.11 Å². The minimum Gasteiger partial charge on any atom is -0.465 e. The van der Waals surface area contributed by atoms with Gasteiger partial charge in [0.1, 0.15) is 0 Å². The Hall–Kier alpha value is -0.800. The molecule has 0 aliphatic heterocycles. The Balaban J connectivity index is 0.00000121. The van der Waals surface area contributed by atoms with E-state index in [2.05, 4.69) is 9.72 Å². The second-order valence-electron chi connectivity index (χ2n) is 1.85. The van der Waals surface area contributed by atoms with Crippen LogP contribution in [0.5, 0.6) is 0 Å². The highest BCUT2D eigenvalue weighted by Gasteiger charge is 2.08. The summed E-state index contributed by atoms with van der Waals surface area (Å²) in [6, 6.07) is 1.54. The van der Waals surface area contributed by atoms with Crippen molar-refractivity contribution < 1.29 is 9.53 Å². The van der Waals surface area contributed by atoms with Crippen molar-refractivity contribution in [3.63, 3.8) is 0 Å². The zero-order valence-corrected chi connectivity index (χ0v) is 7.85. The van der Waals surface area contributed by atoms with E-state index >= 15 is 0 Å². The van der Waals surface area contributed by atoms with E-state index in [1.54, 1.807) is 0 Å². The maximum absolute atomic E-state index is 10.9. The first-order chi connectivity index (χ1) is 5.25. The van der Waals surface area contributed by atoms with Gasteiger partial charge in [-0.1, -0.05) is 11.6 Å². The number of esters is 1. The Kier molecular flexibility index (Phi) is 4.62. The van der Waals surface area contributed by atoms with Gasteiger partial charge in [0, 0.05) is 12.4 Å². The normalized spacial score (nSPS) is 8.50. The fourth-order valence-electron chi connectivity index (χ4n) is 0.638. The van der Waals surface area contributed by atoms with Crippen molar-refractivity contribution in [2.24, 2.45) is 0 Å². The summed E-state index contributed by atoms with van der Waals surface area (Å²) >= 11 is 5.66. The van der Waals surface area contributed by atoms with Crippen molar-refractivity contribution in [3.8, 4) is 0 Å². The van der Waals surface area contributed by atoms with Gasteiger partial charge in [-0.3, -0.25) is 4.98 Å². The molecule has 0 atom stereocenters. The molecule has 1 heterocycles. The first-order valence-corrected chi connectivity index (χ1v) is 3.31. The molecule has 0 aliphatic rings. The standard InChI is InChI=1S/C7H6ClNO2.ClH/c1-11-7(10)5-4-9-3-2-6(5)8;/h2-4H,1H3;1H. The van der Waals surface area contributed by atoms with Crippen molar-refractivity contribution in [1.82, 2.24) is 4.98 Å². The minimum absolute atomic E-state index is 0. The van der Waals surface area contributed by atoms with Crippen LogP contribution in [0.15, 0.2) is 18.5 Å². The maximum Gasteiger partial charge on any atom is 0.340 e. The second kappa shape index (κ2) is 4.95. The van der Waals surface area contributed by atoms with Crippen molar-refractivity contribution in [2.45, 2.75) is 0 Å². The van der Waals surface area contributed by atoms with Crippen molar-refractivity contribution in [1.29, 1.82) is 0 Å². The van der Waals surface area contributed by atoms with Crippen LogP contribution < -0.4 is 0 Å². The van der Waals surface area contributed by atoms with E-state index in [4.69, 9.17) is 11.6 Å². The lowest BCUT2D eigenvalue weighted by Crippen LogP contribution is -2.02. The van der Waals surface area contributed by atoms with E-state index in [1.807, 2.05) is 0 Å². The Morgan fingerprint density at radius 1 is 1.67 bits per heavy atom. The molecule has 5 heteroatoms. The van der Waals surface area contributed by atoms with E-state index in [1.165, 1.54) is 25.6 Å². The summed E-state index contributed by atoms with van der Waals surface area (Å²) < 4.78 is 4.45. The average Bonchev–Trinajstić information content (AvgIpc) is 2.04. The number of hydrogen-bond donors (Lipinski definition) is 0. The molecule has 0 spiro atoms. The molecule has 0 amide bonds. The molecule has 0 unspecified atom stereocenters. The third-order valence-electron chi connectivity index (χ3n) is 1.17. The van der Waals surface area contributed by atoms with Crippen LogP contribution in [-0.4, -0.2) is 18.1 Å². The van der Waals surface area contributed by atoms with Gasteiger partial charge in [-0.2, -0.15) is 0 Å². The molecule has 0 radical (unpaired) electrons. The quantitative estimate of drug-likeness (QED) is 0.662. The van der Waals surface area contributed by atoms with Crippen molar-refractivity contribution >= 4 is 30.0 Å². The fourth-order valence-corrected chi connectivity index (χ4v) is 0.820. The summed E-state index contributed by atoms with van der Waals surface area (Å²) in [5, 5.41) is 0.354. The minimum atomic E-state index is -0.469. The summed E-state index contributed by atoms with van der Waals surface area (Å²) in [4.78, 5) is 14.6. The van der Waals surface area contributed by atoms with Gasteiger partial charge in [0.15, 0.2) is 0 Å². The zero-order chi connectivity index (χ0) is 8.27. The molecule has 0 fully saturated rings. The number of rotatable bonds is 1. The maximum atomic E-state index is 10.9.